The summed E-state index contributed by atoms with van der Waals surface area (Å²) in [4.78, 5) is 12.5. The number of hydrogen-bond acceptors (Lipinski definition) is 9. The van der Waals surface area contributed by atoms with E-state index in [2.05, 4.69) is 0 Å². The molecule has 1 aliphatic carbocycles. The third-order valence-electron chi connectivity index (χ3n) is 5.94. The Morgan fingerprint density at radius 3 is 2.41 bits per heavy atom. The number of Topliss-reactive ketones (excluding diaryl/α,β-unsaturated/α-hetero) is 1. The molecule has 0 radical (unpaired) electrons. The SMILES string of the molecule is Cc1c(CCO[C@H]2O[C@@H](CO)[C@H](O)[C@H](O)[C@H]2O)c(CO)cc2c1C(=O)[C@H](C)[C@@H]2O. The van der Waals surface area contributed by atoms with Gasteiger partial charge in [0.05, 0.1) is 25.9 Å². The van der Waals surface area contributed by atoms with E-state index in [9.17, 15) is 35.4 Å². The van der Waals surface area contributed by atoms with Crippen LogP contribution in [0.4, 0.5) is 0 Å². The molecule has 0 spiro atoms. The Balaban J connectivity index is 1.75. The van der Waals surface area contributed by atoms with Gasteiger partial charge in [-0.1, -0.05) is 6.92 Å². The summed E-state index contributed by atoms with van der Waals surface area (Å²) >= 11 is 0. The fourth-order valence-electron chi connectivity index (χ4n) is 4.13. The standard InChI is InChI=1S/C20H28O9/c1-8-11(10(6-21)5-12-14(8)16(24)9(2)15(12)23)3-4-28-20-19(27)18(26)17(25)13(7-22)29-20/h5,9,13,15,17-23,25-27H,3-4,6-7H2,1-2H3/t9-,13+,15+,17+,18+,19-,20+/m1/s1. The smallest absolute Gasteiger partial charge is 0.186 e. The molecule has 0 unspecified atom stereocenters. The number of rotatable bonds is 6. The van der Waals surface area contributed by atoms with E-state index in [0.29, 0.717) is 27.8 Å². The highest BCUT2D eigenvalue weighted by molar-refractivity contribution is 6.04. The third-order valence-corrected chi connectivity index (χ3v) is 5.94. The van der Waals surface area contributed by atoms with Crippen LogP contribution in [0.25, 0.3) is 0 Å². The molecule has 0 amide bonds. The molecule has 1 aromatic carbocycles. The summed E-state index contributed by atoms with van der Waals surface area (Å²) in [7, 11) is 0. The quantitative estimate of drug-likeness (QED) is 0.335. The molecule has 9 nitrogen and oxygen atoms in total. The van der Waals surface area contributed by atoms with Crippen LogP contribution in [0, 0.1) is 12.8 Å². The van der Waals surface area contributed by atoms with Crippen molar-refractivity contribution in [1.29, 1.82) is 0 Å². The van der Waals surface area contributed by atoms with Crippen LogP contribution in [0.3, 0.4) is 0 Å². The molecule has 1 saturated heterocycles. The monoisotopic (exact) mass is 412 g/mol. The fraction of sp³-hybridized carbons (Fsp3) is 0.650. The minimum Gasteiger partial charge on any atom is -0.394 e. The van der Waals surface area contributed by atoms with Crippen LogP contribution in [0.15, 0.2) is 6.07 Å². The zero-order chi connectivity index (χ0) is 21.5. The predicted molar refractivity (Wildman–Crippen MR) is 99.0 cm³/mol. The molecule has 9 heteroatoms. The number of carbonyl (C=O) groups is 1. The molecule has 3 rings (SSSR count). The molecule has 1 aromatic rings. The van der Waals surface area contributed by atoms with E-state index < -0.39 is 49.3 Å². The first-order valence-corrected chi connectivity index (χ1v) is 9.63. The number of hydrogen-bond donors (Lipinski definition) is 6. The van der Waals surface area contributed by atoms with Gasteiger partial charge in [0.1, 0.15) is 24.4 Å². The van der Waals surface area contributed by atoms with Crippen LogP contribution >= 0.6 is 0 Å². The molecule has 0 saturated carbocycles. The summed E-state index contributed by atoms with van der Waals surface area (Å²) < 4.78 is 10.8. The van der Waals surface area contributed by atoms with Crippen molar-refractivity contribution in [3.63, 3.8) is 0 Å². The van der Waals surface area contributed by atoms with Gasteiger partial charge in [0.25, 0.3) is 0 Å². The Hall–Kier alpha value is -1.43. The molecule has 6 N–H and O–H groups in total. The van der Waals surface area contributed by atoms with Gasteiger partial charge in [-0.15, -0.1) is 0 Å². The molecule has 1 heterocycles. The fourth-order valence-corrected chi connectivity index (χ4v) is 4.13. The molecule has 7 atom stereocenters. The zero-order valence-electron chi connectivity index (χ0n) is 16.4. The normalized spacial score (nSPS) is 34.5. The van der Waals surface area contributed by atoms with E-state index in [1.807, 2.05) is 0 Å². The predicted octanol–water partition coefficient (Wildman–Crippen LogP) is -1.29. The Morgan fingerprint density at radius 2 is 1.79 bits per heavy atom. The summed E-state index contributed by atoms with van der Waals surface area (Å²) in [5.74, 6) is -0.693. The van der Waals surface area contributed by atoms with Gasteiger partial charge in [-0.05, 0) is 41.7 Å². The number of benzene rings is 1. The lowest BCUT2D eigenvalue weighted by atomic mass is 9.91. The van der Waals surface area contributed by atoms with Crippen molar-refractivity contribution in [2.24, 2.45) is 5.92 Å². The van der Waals surface area contributed by atoms with Gasteiger partial charge in [-0.2, -0.15) is 0 Å². The minimum atomic E-state index is -1.53. The van der Waals surface area contributed by atoms with E-state index in [-0.39, 0.29) is 25.4 Å². The second-order valence-electron chi connectivity index (χ2n) is 7.68. The Bertz CT molecular complexity index is 763. The highest BCUT2D eigenvalue weighted by Gasteiger charge is 2.44. The van der Waals surface area contributed by atoms with Crippen molar-refractivity contribution < 1.29 is 44.9 Å². The molecule has 2 aliphatic rings. The van der Waals surface area contributed by atoms with Crippen molar-refractivity contribution in [3.8, 4) is 0 Å². The van der Waals surface area contributed by atoms with Gasteiger partial charge in [0.2, 0.25) is 0 Å². The zero-order valence-corrected chi connectivity index (χ0v) is 16.4. The highest BCUT2D eigenvalue weighted by atomic mass is 16.7. The minimum absolute atomic E-state index is 0.0294. The van der Waals surface area contributed by atoms with Crippen molar-refractivity contribution in [2.75, 3.05) is 13.2 Å². The number of aliphatic hydroxyl groups is 6. The average molecular weight is 412 g/mol. The largest absolute Gasteiger partial charge is 0.394 e. The second kappa shape index (κ2) is 8.75. The van der Waals surface area contributed by atoms with E-state index >= 15 is 0 Å². The average Bonchev–Trinajstić information content (AvgIpc) is 2.93. The van der Waals surface area contributed by atoms with Crippen molar-refractivity contribution in [2.45, 2.75) is 63.7 Å². The first-order chi connectivity index (χ1) is 13.7. The van der Waals surface area contributed by atoms with Crippen LogP contribution in [-0.4, -0.2) is 80.3 Å². The van der Waals surface area contributed by atoms with Crippen molar-refractivity contribution in [1.82, 2.24) is 0 Å². The van der Waals surface area contributed by atoms with E-state index in [1.54, 1.807) is 19.9 Å². The molecule has 0 aromatic heterocycles. The van der Waals surface area contributed by atoms with Crippen LogP contribution in [0.1, 0.15) is 45.6 Å². The van der Waals surface area contributed by atoms with Crippen LogP contribution in [0.2, 0.25) is 0 Å². The highest BCUT2D eigenvalue weighted by Crippen LogP contribution is 2.40. The molecular formula is C20H28O9. The van der Waals surface area contributed by atoms with Gasteiger partial charge in [-0.25, -0.2) is 0 Å². The van der Waals surface area contributed by atoms with Crippen LogP contribution in [0.5, 0.6) is 0 Å². The molecule has 0 bridgehead atoms. The number of aliphatic hydroxyl groups excluding tert-OH is 6. The van der Waals surface area contributed by atoms with Gasteiger partial charge in [-0.3, -0.25) is 4.79 Å². The molecule has 1 aliphatic heterocycles. The molecular weight excluding hydrogens is 384 g/mol. The van der Waals surface area contributed by atoms with Gasteiger partial charge in [0, 0.05) is 11.5 Å². The van der Waals surface area contributed by atoms with E-state index in [1.165, 1.54) is 0 Å². The van der Waals surface area contributed by atoms with Crippen molar-refractivity contribution >= 4 is 5.78 Å². The molecule has 162 valence electrons. The Kier molecular flexibility index (Phi) is 6.71. The van der Waals surface area contributed by atoms with Gasteiger partial charge >= 0.3 is 0 Å². The Labute approximate surface area is 168 Å². The first-order valence-electron chi connectivity index (χ1n) is 9.63. The topological polar surface area (TPSA) is 157 Å². The third kappa shape index (κ3) is 3.85. The Morgan fingerprint density at radius 1 is 1.10 bits per heavy atom. The summed E-state index contributed by atoms with van der Waals surface area (Å²) in [5, 5.41) is 59.0. The second-order valence-corrected chi connectivity index (χ2v) is 7.68. The lowest BCUT2D eigenvalue weighted by Gasteiger charge is -2.39. The van der Waals surface area contributed by atoms with Gasteiger partial charge < -0.3 is 40.1 Å². The van der Waals surface area contributed by atoms with Crippen LogP contribution < -0.4 is 0 Å². The molecule has 1 fully saturated rings. The van der Waals surface area contributed by atoms with E-state index in [0.717, 1.165) is 0 Å². The summed E-state index contributed by atoms with van der Waals surface area (Å²) in [6.07, 6.45) is -7.42. The van der Waals surface area contributed by atoms with Crippen molar-refractivity contribution in [3.05, 3.63) is 33.9 Å². The number of fused-ring (bicyclic) bond motifs is 1. The lowest BCUT2D eigenvalue weighted by Crippen LogP contribution is -2.59. The number of ether oxygens (including phenoxy) is 2. The summed E-state index contributed by atoms with van der Waals surface area (Å²) in [6.45, 7) is 2.61. The first kappa shape index (κ1) is 22.3. The van der Waals surface area contributed by atoms with Gasteiger partial charge in [0.15, 0.2) is 12.1 Å². The number of ketones is 1. The summed E-state index contributed by atoms with van der Waals surface area (Å²) in [6, 6.07) is 1.64. The van der Waals surface area contributed by atoms with Crippen LogP contribution in [-0.2, 0) is 22.5 Å². The summed E-state index contributed by atoms with van der Waals surface area (Å²) in [5.41, 5.74) is 2.91. The lowest BCUT2D eigenvalue weighted by molar-refractivity contribution is -0.300. The maximum absolute atomic E-state index is 12.5. The maximum atomic E-state index is 12.5. The maximum Gasteiger partial charge on any atom is 0.186 e. The molecule has 29 heavy (non-hydrogen) atoms. The number of carbonyl (C=O) groups excluding carboxylic acids is 1. The van der Waals surface area contributed by atoms with E-state index in [4.69, 9.17) is 9.47 Å².